The van der Waals surface area contributed by atoms with E-state index in [0.717, 1.165) is 11.3 Å². The average molecular weight is 413 g/mol. The van der Waals surface area contributed by atoms with Crippen LogP contribution < -0.4 is 4.74 Å². The Bertz CT molecular complexity index is 1050. The molecule has 1 fully saturated rings. The van der Waals surface area contributed by atoms with Gasteiger partial charge in [-0.05, 0) is 29.8 Å². The lowest BCUT2D eigenvalue weighted by Crippen LogP contribution is -2.35. The van der Waals surface area contributed by atoms with Crippen molar-refractivity contribution >= 4 is 29.1 Å². The van der Waals surface area contributed by atoms with Crippen LogP contribution in [0.3, 0.4) is 0 Å². The fraction of sp³-hybridized carbons (Fsp3) is 0.286. The van der Waals surface area contributed by atoms with E-state index in [1.165, 1.54) is 0 Å². The van der Waals surface area contributed by atoms with Crippen LogP contribution in [-0.2, 0) is 11.3 Å². The van der Waals surface area contributed by atoms with Crippen LogP contribution in [0, 0.1) is 0 Å². The lowest BCUT2D eigenvalue weighted by atomic mass is 10.2. The monoisotopic (exact) mass is 412 g/mol. The summed E-state index contributed by atoms with van der Waals surface area (Å²) < 4.78 is 6.90. The predicted octanol–water partition coefficient (Wildman–Crippen LogP) is 2.87. The summed E-state index contributed by atoms with van der Waals surface area (Å²) in [5, 5.41) is 0.573. The van der Waals surface area contributed by atoms with E-state index >= 15 is 0 Å². The van der Waals surface area contributed by atoms with Crippen molar-refractivity contribution < 1.29 is 14.3 Å². The fourth-order valence-electron chi connectivity index (χ4n) is 3.42. The smallest absolute Gasteiger partial charge is 0.274 e. The molecule has 1 aromatic carbocycles. The van der Waals surface area contributed by atoms with E-state index in [1.807, 2.05) is 24.3 Å². The van der Waals surface area contributed by atoms with Crippen molar-refractivity contribution in [2.45, 2.75) is 13.0 Å². The van der Waals surface area contributed by atoms with Crippen molar-refractivity contribution in [2.24, 2.45) is 0 Å². The Hall–Kier alpha value is -3.06. The van der Waals surface area contributed by atoms with Crippen LogP contribution in [0.4, 0.5) is 0 Å². The van der Waals surface area contributed by atoms with Gasteiger partial charge in [-0.1, -0.05) is 23.7 Å². The largest absolute Gasteiger partial charge is 0.497 e. The molecule has 3 aromatic rings. The van der Waals surface area contributed by atoms with Crippen LogP contribution in [-0.4, -0.2) is 57.7 Å². The van der Waals surface area contributed by atoms with Gasteiger partial charge in [-0.25, -0.2) is 4.98 Å². The van der Waals surface area contributed by atoms with Crippen LogP contribution in [0.25, 0.3) is 5.65 Å². The maximum absolute atomic E-state index is 12.9. The number of ether oxygens (including phenoxy) is 1. The van der Waals surface area contributed by atoms with Gasteiger partial charge >= 0.3 is 0 Å². The third kappa shape index (κ3) is 4.19. The van der Waals surface area contributed by atoms with Gasteiger partial charge in [-0.2, -0.15) is 0 Å². The highest BCUT2D eigenvalue weighted by Gasteiger charge is 2.26. The Kier molecular flexibility index (Phi) is 5.40. The number of amides is 2. The van der Waals surface area contributed by atoms with Crippen LogP contribution in [0.2, 0.25) is 5.02 Å². The number of hydrogen-bond acceptors (Lipinski definition) is 4. The summed E-state index contributed by atoms with van der Waals surface area (Å²) in [5.74, 6) is 0.642. The molecule has 3 heterocycles. The van der Waals surface area contributed by atoms with Gasteiger partial charge in [0.2, 0.25) is 5.91 Å². The van der Waals surface area contributed by atoms with Gasteiger partial charge in [0.05, 0.1) is 12.1 Å². The zero-order valence-corrected chi connectivity index (χ0v) is 16.8. The number of rotatable bonds is 4. The molecular formula is C21H21ClN4O3. The number of fused-ring (bicyclic) bond motifs is 1. The summed E-state index contributed by atoms with van der Waals surface area (Å²) in [6.45, 7) is 1.84. The zero-order valence-electron chi connectivity index (χ0n) is 16.0. The third-order valence-electron chi connectivity index (χ3n) is 5.04. The van der Waals surface area contributed by atoms with Gasteiger partial charge in [0, 0.05) is 45.0 Å². The molecule has 0 spiro atoms. The Morgan fingerprint density at radius 1 is 1.10 bits per heavy atom. The molecule has 29 heavy (non-hydrogen) atoms. The Balaban J connectivity index is 1.44. The second kappa shape index (κ2) is 8.13. The van der Waals surface area contributed by atoms with Crippen molar-refractivity contribution in [3.63, 3.8) is 0 Å². The first-order chi connectivity index (χ1) is 14.0. The molecule has 1 aliphatic rings. The standard InChI is InChI=1S/C21H21ClN4O3/c1-29-17-5-2-15(3-6-17)12-25-11-10-24(9-8-20(25)27)21(28)18-14-26-13-16(22)4-7-19(26)23-18/h2-7,13-14H,8-12H2,1H3. The maximum atomic E-state index is 12.9. The van der Waals surface area contributed by atoms with Gasteiger partial charge in [0.1, 0.15) is 17.1 Å². The molecule has 2 aromatic heterocycles. The summed E-state index contributed by atoms with van der Waals surface area (Å²) in [4.78, 5) is 33.3. The molecule has 0 radical (unpaired) electrons. The number of benzene rings is 1. The first-order valence-corrected chi connectivity index (χ1v) is 9.75. The minimum absolute atomic E-state index is 0.0397. The van der Waals surface area contributed by atoms with Crippen molar-refractivity contribution in [1.82, 2.24) is 19.2 Å². The quantitative estimate of drug-likeness (QED) is 0.660. The van der Waals surface area contributed by atoms with Crippen LogP contribution >= 0.6 is 11.6 Å². The van der Waals surface area contributed by atoms with E-state index in [1.54, 1.807) is 45.8 Å². The minimum Gasteiger partial charge on any atom is -0.497 e. The average Bonchev–Trinajstić information content (AvgIpc) is 3.07. The zero-order chi connectivity index (χ0) is 20.4. The SMILES string of the molecule is COc1ccc(CN2CCN(C(=O)c3cn4cc(Cl)ccc4n3)CCC2=O)cc1. The Morgan fingerprint density at radius 3 is 2.66 bits per heavy atom. The molecular weight excluding hydrogens is 392 g/mol. The summed E-state index contributed by atoms with van der Waals surface area (Å²) in [6, 6.07) is 11.1. The molecule has 1 saturated heterocycles. The molecule has 7 nitrogen and oxygen atoms in total. The van der Waals surface area contributed by atoms with E-state index in [4.69, 9.17) is 16.3 Å². The lowest BCUT2D eigenvalue weighted by Gasteiger charge is -2.22. The fourth-order valence-corrected chi connectivity index (χ4v) is 3.59. The molecule has 2 amide bonds. The van der Waals surface area contributed by atoms with E-state index in [-0.39, 0.29) is 11.8 Å². The van der Waals surface area contributed by atoms with Gasteiger partial charge in [-0.15, -0.1) is 0 Å². The molecule has 4 rings (SSSR count). The first kappa shape index (κ1) is 19.3. The summed E-state index contributed by atoms with van der Waals surface area (Å²) in [5.41, 5.74) is 2.03. The van der Waals surface area contributed by atoms with Crippen LogP contribution in [0.15, 0.2) is 48.8 Å². The molecule has 0 atom stereocenters. The molecule has 0 aliphatic carbocycles. The predicted molar refractivity (Wildman–Crippen MR) is 109 cm³/mol. The normalized spacial score (nSPS) is 14.9. The maximum Gasteiger partial charge on any atom is 0.274 e. The molecule has 0 saturated carbocycles. The number of carbonyl (C=O) groups excluding carboxylic acids is 2. The topological polar surface area (TPSA) is 67.2 Å². The number of halogens is 1. The van der Waals surface area contributed by atoms with Crippen molar-refractivity contribution in [3.05, 3.63) is 65.1 Å². The number of pyridine rings is 1. The Morgan fingerprint density at radius 2 is 1.90 bits per heavy atom. The van der Waals surface area contributed by atoms with E-state index in [2.05, 4.69) is 4.98 Å². The number of imidazole rings is 1. The van der Waals surface area contributed by atoms with Crippen molar-refractivity contribution in [1.29, 1.82) is 0 Å². The summed E-state index contributed by atoms with van der Waals surface area (Å²) in [6.07, 6.45) is 3.68. The second-order valence-electron chi connectivity index (χ2n) is 6.94. The number of methoxy groups -OCH3 is 1. The van der Waals surface area contributed by atoms with Gasteiger partial charge in [-0.3, -0.25) is 9.59 Å². The van der Waals surface area contributed by atoms with Crippen molar-refractivity contribution in [2.75, 3.05) is 26.7 Å². The number of hydrogen-bond donors (Lipinski definition) is 0. The van der Waals surface area contributed by atoms with E-state index in [0.29, 0.717) is 49.0 Å². The highest BCUT2D eigenvalue weighted by molar-refractivity contribution is 6.30. The lowest BCUT2D eigenvalue weighted by molar-refractivity contribution is -0.130. The number of carbonyl (C=O) groups is 2. The van der Waals surface area contributed by atoms with Crippen LogP contribution in [0.5, 0.6) is 5.75 Å². The minimum atomic E-state index is -0.177. The van der Waals surface area contributed by atoms with E-state index in [9.17, 15) is 9.59 Å². The van der Waals surface area contributed by atoms with Crippen LogP contribution in [0.1, 0.15) is 22.5 Å². The van der Waals surface area contributed by atoms with Gasteiger partial charge < -0.3 is 18.9 Å². The Labute approximate surface area is 173 Å². The number of nitrogens with zero attached hydrogens (tertiary/aromatic N) is 4. The summed E-state index contributed by atoms with van der Waals surface area (Å²) >= 11 is 6.00. The molecule has 0 N–H and O–H groups in total. The first-order valence-electron chi connectivity index (χ1n) is 9.38. The van der Waals surface area contributed by atoms with E-state index < -0.39 is 0 Å². The molecule has 8 heteroatoms. The molecule has 150 valence electrons. The molecule has 0 bridgehead atoms. The highest BCUT2D eigenvalue weighted by atomic mass is 35.5. The van der Waals surface area contributed by atoms with Crippen molar-refractivity contribution in [3.8, 4) is 5.75 Å². The number of aromatic nitrogens is 2. The molecule has 0 unspecified atom stereocenters. The van der Waals surface area contributed by atoms with Gasteiger partial charge in [0.25, 0.3) is 5.91 Å². The highest BCUT2D eigenvalue weighted by Crippen LogP contribution is 2.17. The summed E-state index contributed by atoms with van der Waals surface area (Å²) in [7, 11) is 1.62. The third-order valence-corrected chi connectivity index (χ3v) is 5.27. The molecule has 1 aliphatic heterocycles. The van der Waals surface area contributed by atoms with Gasteiger partial charge in [0.15, 0.2) is 0 Å². The second-order valence-corrected chi connectivity index (χ2v) is 7.38.